The average molecular weight is 217 g/mol. The zero-order chi connectivity index (χ0) is 11.8. The van der Waals surface area contributed by atoms with Crippen molar-refractivity contribution < 1.29 is 24.2 Å². The summed E-state index contributed by atoms with van der Waals surface area (Å²) >= 11 is 0. The summed E-state index contributed by atoms with van der Waals surface area (Å²) < 4.78 is 4.20. The molecule has 0 aromatic rings. The number of hydrogen-bond donors (Lipinski definition) is 4. The van der Waals surface area contributed by atoms with E-state index in [1.54, 1.807) is 0 Å². The molecule has 0 spiro atoms. The maximum atomic E-state index is 10.8. The number of carbonyl (C=O) groups is 3. The van der Waals surface area contributed by atoms with E-state index >= 15 is 0 Å². The molecule has 0 aliphatic heterocycles. The van der Waals surface area contributed by atoms with E-state index in [-0.39, 0.29) is 6.42 Å². The Bertz CT molecular complexity index is 260. The van der Waals surface area contributed by atoms with Crippen LogP contribution in [0.4, 0.5) is 0 Å². The van der Waals surface area contributed by atoms with Crippen molar-refractivity contribution >= 4 is 23.9 Å². The summed E-state index contributed by atoms with van der Waals surface area (Å²) in [5.41, 5.74) is 4.87. The minimum absolute atomic E-state index is 0.374. The molecule has 5 N–H and O–H groups in total. The van der Waals surface area contributed by atoms with E-state index in [1.807, 2.05) is 0 Å². The van der Waals surface area contributed by atoms with Gasteiger partial charge >= 0.3 is 17.9 Å². The Hall–Kier alpha value is -2.12. The van der Waals surface area contributed by atoms with Gasteiger partial charge in [0.15, 0.2) is 5.96 Å². The zero-order valence-electron chi connectivity index (χ0n) is 7.78. The highest BCUT2D eigenvalue weighted by Gasteiger charge is 2.11. The molecule has 0 aliphatic carbocycles. The average Bonchev–Trinajstić information content (AvgIpc) is 2.11. The van der Waals surface area contributed by atoms with Crippen LogP contribution >= 0.6 is 0 Å². The Morgan fingerprint density at radius 2 is 1.87 bits per heavy atom. The van der Waals surface area contributed by atoms with Crippen LogP contribution in [-0.2, 0) is 19.1 Å². The van der Waals surface area contributed by atoms with E-state index in [1.165, 1.54) is 0 Å². The lowest BCUT2D eigenvalue weighted by Crippen LogP contribution is -2.36. The molecule has 84 valence electrons. The molecular formula is C7H11N3O5. The number of esters is 2. The molecule has 0 radical (unpaired) electrons. The third kappa shape index (κ3) is 8.22. The Balaban J connectivity index is 3.71. The lowest BCUT2D eigenvalue weighted by atomic mass is 10.3. The lowest BCUT2D eigenvalue weighted by Gasteiger charge is -2.03. The van der Waals surface area contributed by atoms with Crippen LogP contribution in [-0.4, -0.2) is 35.5 Å². The SMILES string of the molecule is N=C(N)NCC(=O)OC(=O)CCC(=O)O. The summed E-state index contributed by atoms with van der Waals surface area (Å²) in [5, 5.41) is 17.1. The number of carboxylic acid groups (broad SMARTS) is 1. The van der Waals surface area contributed by atoms with Gasteiger partial charge in [-0.1, -0.05) is 0 Å². The van der Waals surface area contributed by atoms with Gasteiger partial charge in [0.2, 0.25) is 0 Å². The van der Waals surface area contributed by atoms with Crippen molar-refractivity contribution in [1.29, 1.82) is 5.41 Å². The second kappa shape index (κ2) is 6.35. The summed E-state index contributed by atoms with van der Waals surface area (Å²) in [6.07, 6.45) is -0.770. The summed E-state index contributed by atoms with van der Waals surface area (Å²) in [5.74, 6) is -3.42. The standard InChI is InChI=1S/C7H11N3O5/c8-7(9)10-3-6(14)15-5(13)2-1-4(11)12/h1-3H2,(H,11,12)(H4,8,9,10). The molecule has 0 heterocycles. The molecule has 8 heteroatoms. The summed E-state index contributed by atoms with van der Waals surface area (Å²) in [7, 11) is 0. The molecule has 0 unspecified atom stereocenters. The molecule has 8 nitrogen and oxygen atoms in total. The molecule has 0 bridgehead atoms. The first-order chi connectivity index (χ1) is 6.91. The fourth-order valence-corrected chi connectivity index (χ4v) is 0.590. The van der Waals surface area contributed by atoms with Gasteiger partial charge in [-0.25, -0.2) is 4.79 Å². The van der Waals surface area contributed by atoms with Gasteiger partial charge in [0, 0.05) is 0 Å². The number of carboxylic acids is 1. The molecule has 0 fully saturated rings. The minimum Gasteiger partial charge on any atom is -0.481 e. The van der Waals surface area contributed by atoms with Gasteiger partial charge in [0.25, 0.3) is 0 Å². The van der Waals surface area contributed by atoms with E-state index in [0.29, 0.717) is 0 Å². The molecule has 0 atom stereocenters. The fourth-order valence-electron chi connectivity index (χ4n) is 0.590. The largest absolute Gasteiger partial charge is 0.481 e. The molecule has 0 rings (SSSR count). The second-order valence-corrected chi connectivity index (χ2v) is 2.51. The van der Waals surface area contributed by atoms with Crippen molar-refractivity contribution in [3.63, 3.8) is 0 Å². The quantitative estimate of drug-likeness (QED) is 0.188. The number of nitrogens with two attached hydrogens (primary N) is 1. The molecule has 0 aliphatic rings. The number of nitrogens with one attached hydrogen (secondary N) is 2. The van der Waals surface area contributed by atoms with Crippen molar-refractivity contribution in [2.24, 2.45) is 5.73 Å². The third-order valence-corrected chi connectivity index (χ3v) is 1.19. The van der Waals surface area contributed by atoms with Crippen LogP contribution in [0.15, 0.2) is 0 Å². The van der Waals surface area contributed by atoms with Crippen LogP contribution in [0.2, 0.25) is 0 Å². The van der Waals surface area contributed by atoms with E-state index in [2.05, 4.69) is 10.1 Å². The number of hydrogen-bond acceptors (Lipinski definition) is 5. The highest BCUT2D eigenvalue weighted by Crippen LogP contribution is 1.92. The van der Waals surface area contributed by atoms with Gasteiger partial charge in [-0.2, -0.15) is 0 Å². The van der Waals surface area contributed by atoms with Crippen molar-refractivity contribution in [2.75, 3.05) is 6.54 Å². The summed E-state index contributed by atoms with van der Waals surface area (Å²) in [6, 6.07) is 0. The third-order valence-electron chi connectivity index (χ3n) is 1.19. The van der Waals surface area contributed by atoms with Gasteiger partial charge in [-0.3, -0.25) is 15.0 Å². The molecular weight excluding hydrogens is 206 g/mol. The van der Waals surface area contributed by atoms with E-state index in [9.17, 15) is 14.4 Å². The number of carbonyl (C=O) groups excluding carboxylic acids is 2. The first kappa shape index (κ1) is 12.9. The molecule has 0 saturated carbocycles. The van der Waals surface area contributed by atoms with E-state index < -0.39 is 36.8 Å². The molecule has 15 heavy (non-hydrogen) atoms. The normalized spacial score (nSPS) is 9.07. The van der Waals surface area contributed by atoms with Crippen molar-refractivity contribution in [3.8, 4) is 0 Å². The van der Waals surface area contributed by atoms with Gasteiger partial charge in [-0.05, 0) is 0 Å². The Labute approximate surface area is 84.9 Å². The lowest BCUT2D eigenvalue weighted by molar-refractivity contribution is -0.160. The van der Waals surface area contributed by atoms with Gasteiger partial charge < -0.3 is 20.9 Å². The molecule has 0 saturated heterocycles. The Morgan fingerprint density at radius 3 is 2.33 bits per heavy atom. The van der Waals surface area contributed by atoms with Crippen LogP contribution in [0, 0.1) is 5.41 Å². The summed E-state index contributed by atoms with van der Waals surface area (Å²) in [6.45, 7) is -0.409. The van der Waals surface area contributed by atoms with Crippen molar-refractivity contribution in [3.05, 3.63) is 0 Å². The summed E-state index contributed by atoms with van der Waals surface area (Å²) in [4.78, 5) is 31.6. The molecule has 0 aromatic heterocycles. The van der Waals surface area contributed by atoms with Crippen molar-refractivity contribution in [2.45, 2.75) is 12.8 Å². The zero-order valence-corrected chi connectivity index (χ0v) is 7.78. The number of ether oxygens (including phenoxy) is 1. The van der Waals surface area contributed by atoms with E-state index in [0.717, 1.165) is 0 Å². The molecule has 0 aromatic carbocycles. The fraction of sp³-hybridized carbons (Fsp3) is 0.429. The topological polar surface area (TPSA) is 143 Å². The van der Waals surface area contributed by atoms with Crippen LogP contribution in [0.1, 0.15) is 12.8 Å². The Morgan fingerprint density at radius 1 is 1.27 bits per heavy atom. The predicted octanol–water partition coefficient (Wildman–Crippen LogP) is -1.60. The second-order valence-electron chi connectivity index (χ2n) is 2.51. The van der Waals surface area contributed by atoms with Crippen LogP contribution in [0.3, 0.4) is 0 Å². The smallest absolute Gasteiger partial charge is 0.333 e. The van der Waals surface area contributed by atoms with Crippen LogP contribution < -0.4 is 11.1 Å². The minimum atomic E-state index is -1.15. The van der Waals surface area contributed by atoms with Gasteiger partial charge in [0.05, 0.1) is 12.8 Å². The number of rotatable bonds is 5. The van der Waals surface area contributed by atoms with Gasteiger partial charge in [0.1, 0.15) is 6.54 Å². The predicted molar refractivity (Wildman–Crippen MR) is 47.9 cm³/mol. The first-order valence-corrected chi connectivity index (χ1v) is 3.95. The monoisotopic (exact) mass is 217 g/mol. The molecule has 0 amide bonds. The highest BCUT2D eigenvalue weighted by molar-refractivity contribution is 5.89. The highest BCUT2D eigenvalue weighted by atomic mass is 16.6. The first-order valence-electron chi connectivity index (χ1n) is 3.95. The van der Waals surface area contributed by atoms with Crippen molar-refractivity contribution in [1.82, 2.24) is 5.32 Å². The van der Waals surface area contributed by atoms with E-state index in [4.69, 9.17) is 16.2 Å². The number of aliphatic carboxylic acids is 1. The van der Waals surface area contributed by atoms with Crippen LogP contribution in [0.25, 0.3) is 0 Å². The van der Waals surface area contributed by atoms with Crippen LogP contribution in [0.5, 0.6) is 0 Å². The van der Waals surface area contributed by atoms with Gasteiger partial charge in [-0.15, -0.1) is 0 Å². The Kier molecular flexibility index (Phi) is 5.45. The maximum Gasteiger partial charge on any atom is 0.333 e. The maximum absolute atomic E-state index is 10.8. The number of guanidine groups is 1.